The van der Waals surface area contributed by atoms with E-state index in [1.165, 1.54) is 31.4 Å². The van der Waals surface area contributed by atoms with Gasteiger partial charge in [-0.05, 0) is 56.0 Å². The third kappa shape index (κ3) is 4.57. The van der Waals surface area contributed by atoms with Crippen molar-refractivity contribution in [1.82, 2.24) is 10.2 Å². The highest BCUT2D eigenvalue weighted by molar-refractivity contribution is 5.22. The topological polar surface area (TPSA) is 15.3 Å². The number of likely N-dealkylation sites (N-methyl/N-ethyl adjacent to an activating group) is 1. The van der Waals surface area contributed by atoms with E-state index in [0.29, 0.717) is 6.04 Å². The van der Waals surface area contributed by atoms with Crippen LogP contribution in [0.2, 0.25) is 0 Å². The molecule has 0 heterocycles. The van der Waals surface area contributed by atoms with Crippen LogP contribution in [0.1, 0.15) is 44.7 Å². The molecule has 1 aromatic carbocycles. The van der Waals surface area contributed by atoms with Crippen molar-refractivity contribution < 1.29 is 4.39 Å². The molecule has 0 saturated heterocycles. The summed E-state index contributed by atoms with van der Waals surface area (Å²) in [7, 11) is 0. The van der Waals surface area contributed by atoms with E-state index in [1.807, 2.05) is 12.1 Å². The van der Waals surface area contributed by atoms with E-state index < -0.39 is 0 Å². The lowest BCUT2D eigenvalue weighted by Gasteiger charge is -2.23. The first-order valence-corrected chi connectivity index (χ1v) is 7.95. The van der Waals surface area contributed by atoms with Crippen LogP contribution in [0.15, 0.2) is 24.3 Å². The molecule has 1 unspecified atom stereocenters. The minimum Gasteiger partial charge on any atom is -0.308 e. The molecule has 2 nitrogen and oxygen atoms in total. The summed E-state index contributed by atoms with van der Waals surface area (Å²) in [6.07, 6.45) is 3.79. The normalized spacial score (nSPS) is 16.6. The van der Waals surface area contributed by atoms with E-state index >= 15 is 0 Å². The fraction of sp³-hybridized carbons (Fsp3) is 0.647. The van der Waals surface area contributed by atoms with Gasteiger partial charge in [-0.1, -0.05) is 26.0 Å². The van der Waals surface area contributed by atoms with Gasteiger partial charge in [0.2, 0.25) is 0 Å². The van der Waals surface area contributed by atoms with Crippen LogP contribution in [0, 0.1) is 11.7 Å². The number of nitrogens with zero attached hydrogens (tertiary/aromatic N) is 1. The van der Waals surface area contributed by atoms with E-state index in [1.54, 1.807) is 12.1 Å². The number of halogens is 1. The largest absolute Gasteiger partial charge is 0.308 e. The monoisotopic (exact) mass is 278 g/mol. The third-order valence-corrected chi connectivity index (χ3v) is 4.10. The summed E-state index contributed by atoms with van der Waals surface area (Å²) >= 11 is 0. The second kappa shape index (κ2) is 7.75. The molecule has 1 aliphatic rings. The van der Waals surface area contributed by atoms with Gasteiger partial charge >= 0.3 is 0 Å². The predicted molar refractivity (Wildman–Crippen MR) is 82.3 cm³/mol. The van der Waals surface area contributed by atoms with Gasteiger partial charge in [-0.15, -0.1) is 0 Å². The molecule has 1 aliphatic carbocycles. The minimum atomic E-state index is -0.150. The Morgan fingerprint density at radius 3 is 2.45 bits per heavy atom. The molecule has 3 heteroatoms. The van der Waals surface area contributed by atoms with Crippen LogP contribution in [-0.2, 0) is 0 Å². The molecule has 0 amide bonds. The summed E-state index contributed by atoms with van der Waals surface area (Å²) in [6, 6.07) is 7.39. The van der Waals surface area contributed by atoms with E-state index in [4.69, 9.17) is 0 Å². The first kappa shape index (κ1) is 15.5. The molecule has 0 aliphatic heterocycles. The Morgan fingerprint density at radius 1 is 1.20 bits per heavy atom. The van der Waals surface area contributed by atoms with Crippen LogP contribution in [-0.4, -0.2) is 31.1 Å². The first-order chi connectivity index (χ1) is 9.74. The maximum absolute atomic E-state index is 13.0. The van der Waals surface area contributed by atoms with Crippen LogP contribution < -0.4 is 5.32 Å². The lowest BCUT2D eigenvalue weighted by Crippen LogP contribution is -2.34. The zero-order valence-corrected chi connectivity index (χ0v) is 12.7. The highest BCUT2D eigenvalue weighted by Crippen LogP contribution is 2.40. The van der Waals surface area contributed by atoms with Crippen molar-refractivity contribution in [3.63, 3.8) is 0 Å². The molecule has 0 spiro atoms. The molecule has 1 atom stereocenters. The van der Waals surface area contributed by atoms with Gasteiger partial charge in [0.25, 0.3) is 0 Å². The Hall–Kier alpha value is -0.930. The lowest BCUT2D eigenvalue weighted by molar-refractivity contribution is 0.280. The average Bonchev–Trinajstić information content (AvgIpc) is 3.28. The Labute approximate surface area is 122 Å². The van der Waals surface area contributed by atoms with E-state index in [-0.39, 0.29) is 5.82 Å². The van der Waals surface area contributed by atoms with Crippen LogP contribution in [0.3, 0.4) is 0 Å². The van der Waals surface area contributed by atoms with Gasteiger partial charge in [-0.25, -0.2) is 4.39 Å². The molecule has 1 aromatic rings. The molecule has 0 bridgehead atoms. The van der Waals surface area contributed by atoms with Gasteiger partial charge < -0.3 is 10.2 Å². The van der Waals surface area contributed by atoms with Crippen molar-refractivity contribution in [3.05, 3.63) is 35.6 Å². The smallest absolute Gasteiger partial charge is 0.123 e. The molecule has 2 rings (SSSR count). The van der Waals surface area contributed by atoms with Crippen LogP contribution in [0.5, 0.6) is 0 Å². The van der Waals surface area contributed by atoms with Gasteiger partial charge in [0.05, 0.1) is 0 Å². The van der Waals surface area contributed by atoms with Crippen molar-refractivity contribution in [1.29, 1.82) is 0 Å². The van der Waals surface area contributed by atoms with E-state index in [0.717, 1.165) is 25.6 Å². The molecule has 1 saturated carbocycles. The zero-order chi connectivity index (χ0) is 14.4. The summed E-state index contributed by atoms with van der Waals surface area (Å²) in [5.74, 6) is 0.588. The quantitative estimate of drug-likeness (QED) is 0.742. The van der Waals surface area contributed by atoms with E-state index in [9.17, 15) is 4.39 Å². The molecular formula is C17H27FN2. The Balaban J connectivity index is 1.85. The fourth-order valence-electron chi connectivity index (χ4n) is 2.78. The van der Waals surface area contributed by atoms with Crippen LogP contribution in [0.25, 0.3) is 0 Å². The number of nitrogens with one attached hydrogen (secondary N) is 1. The summed E-state index contributed by atoms with van der Waals surface area (Å²) < 4.78 is 13.0. The standard InChI is InChI=1S/C17H27FN2/c1-3-12-20(4-2)13-11-19-17(14-5-6-14)15-7-9-16(18)10-8-15/h7-10,14,17,19H,3-6,11-13H2,1-2H3. The Bertz CT molecular complexity index is 386. The molecule has 0 aromatic heterocycles. The molecule has 20 heavy (non-hydrogen) atoms. The van der Waals surface area contributed by atoms with Crippen LogP contribution in [0.4, 0.5) is 4.39 Å². The second-order valence-corrected chi connectivity index (χ2v) is 5.76. The van der Waals surface area contributed by atoms with Crippen molar-refractivity contribution in [2.24, 2.45) is 5.92 Å². The number of hydrogen-bond donors (Lipinski definition) is 1. The van der Waals surface area contributed by atoms with Crippen molar-refractivity contribution in [2.75, 3.05) is 26.2 Å². The maximum Gasteiger partial charge on any atom is 0.123 e. The predicted octanol–water partition coefficient (Wildman–Crippen LogP) is 3.60. The number of benzene rings is 1. The van der Waals surface area contributed by atoms with Gasteiger partial charge in [0, 0.05) is 19.1 Å². The van der Waals surface area contributed by atoms with Gasteiger partial charge in [-0.3, -0.25) is 0 Å². The Kier molecular flexibility index (Phi) is 5.99. The fourth-order valence-corrected chi connectivity index (χ4v) is 2.78. The summed E-state index contributed by atoms with van der Waals surface area (Å²) in [5, 5.41) is 3.68. The zero-order valence-electron chi connectivity index (χ0n) is 12.7. The van der Waals surface area contributed by atoms with Crippen molar-refractivity contribution >= 4 is 0 Å². The highest BCUT2D eigenvalue weighted by Gasteiger charge is 2.31. The minimum absolute atomic E-state index is 0.150. The Morgan fingerprint density at radius 2 is 1.90 bits per heavy atom. The van der Waals surface area contributed by atoms with Gasteiger partial charge in [0.1, 0.15) is 5.82 Å². The van der Waals surface area contributed by atoms with E-state index in [2.05, 4.69) is 24.1 Å². The lowest BCUT2D eigenvalue weighted by atomic mass is 10.0. The van der Waals surface area contributed by atoms with Crippen molar-refractivity contribution in [3.8, 4) is 0 Å². The van der Waals surface area contributed by atoms with Crippen LogP contribution >= 0.6 is 0 Å². The average molecular weight is 278 g/mol. The van der Waals surface area contributed by atoms with Gasteiger partial charge in [-0.2, -0.15) is 0 Å². The highest BCUT2D eigenvalue weighted by atomic mass is 19.1. The molecular weight excluding hydrogens is 251 g/mol. The molecule has 0 radical (unpaired) electrons. The SMILES string of the molecule is CCCN(CC)CCNC(c1ccc(F)cc1)C1CC1. The summed E-state index contributed by atoms with van der Waals surface area (Å²) in [6.45, 7) is 8.82. The number of rotatable bonds is 9. The second-order valence-electron chi connectivity index (χ2n) is 5.76. The third-order valence-electron chi connectivity index (χ3n) is 4.10. The van der Waals surface area contributed by atoms with Crippen molar-refractivity contribution in [2.45, 2.75) is 39.2 Å². The molecule has 112 valence electrons. The maximum atomic E-state index is 13.0. The summed E-state index contributed by atoms with van der Waals surface area (Å²) in [5.41, 5.74) is 1.23. The summed E-state index contributed by atoms with van der Waals surface area (Å²) in [4.78, 5) is 2.47. The van der Waals surface area contributed by atoms with Gasteiger partial charge in [0.15, 0.2) is 0 Å². The number of hydrogen-bond acceptors (Lipinski definition) is 2. The molecule has 1 N–H and O–H groups in total. The molecule has 1 fully saturated rings. The first-order valence-electron chi connectivity index (χ1n) is 7.95.